The summed E-state index contributed by atoms with van der Waals surface area (Å²) in [5.41, 5.74) is 0. The van der Waals surface area contributed by atoms with E-state index in [1.165, 1.54) is 0 Å². The summed E-state index contributed by atoms with van der Waals surface area (Å²) in [4.78, 5) is 0. The Morgan fingerprint density at radius 2 is 0.625 bits per heavy atom. The van der Waals surface area contributed by atoms with Gasteiger partial charge in [-0.1, -0.05) is 7.43 Å². The fourth-order valence-electron chi connectivity index (χ4n) is 0. The molecule has 0 aliphatic carbocycles. The van der Waals surface area contributed by atoms with E-state index in [9.17, 15) is 0 Å². The molecule has 0 rings (SSSR count). The molecule has 0 spiro atoms. The molecule has 0 atom stereocenters. The Kier molecular flexibility index (Phi) is 2050. The summed E-state index contributed by atoms with van der Waals surface area (Å²) in [5.74, 6) is 0. The van der Waals surface area contributed by atoms with Crippen molar-refractivity contribution in [3.63, 3.8) is 0 Å². The SMILES string of the molecule is C.[La+3].[Li+].[O-2].[O-2].[O-2].[O-2].[Zr+4]. The molecule has 0 unspecified atom stereocenters. The third-order valence-corrected chi connectivity index (χ3v) is 0. The van der Waals surface area contributed by atoms with Gasteiger partial charge in [0.15, 0.2) is 0 Å². The van der Waals surface area contributed by atoms with E-state index in [-0.39, 0.29) is 110 Å². The Balaban J connectivity index is 0. The predicted octanol–water partition coefficient (Wildman–Crippen LogP) is -2.84. The zero-order valence-corrected chi connectivity index (χ0v) is 9.79. The standard InChI is InChI=1S/CH4.La.Li.4O.Zr/h1H4;;;;;;;/q;+3;+1;4*-2;+4. The van der Waals surface area contributed by atoms with E-state index in [0.717, 1.165) is 0 Å². The summed E-state index contributed by atoms with van der Waals surface area (Å²) in [6.45, 7) is 0. The van der Waals surface area contributed by atoms with Gasteiger partial charge in [-0.05, 0) is 0 Å². The summed E-state index contributed by atoms with van der Waals surface area (Å²) in [5, 5.41) is 0. The second-order valence-electron chi connectivity index (χ2n) is 0. The van der Waals surface area contributed by atoms with E-state index in [1.807, 2.05) is 0 Å². The van der Waals surface area contributed by atoms with E-state index in [1.54, 1.807) is 0 Å². The third-order valence-electron chi connectivity index (χ3n) is 0. The summed E-state index contributed by atoms with van der Waals surface area (Å²) >= 11 is 0. The van der Waals surface area contributed by atoms with Crippen LogP contribution in [-0.4, -0.2) is 0 Å². The van der Waals surface area contributed by atoms with Crippen molar-refractivity contribution >= 4 is 0 Å². The maximum atomic E-state index is 0. The first-order valence-electron chi connectivity index (χ1n) is 0. The van der Waals surface area contributed by atoms with Crippen LogP contribution in [0.3, 0.4) is 0 Å². The van der Waals surface area contributed by atoms with Crippen LogP contribution in [-0.2, 0) is 48.1 Å². The maximum Gasteiger partial charge on any atom is 4.00 e. The van der Waals surface area contributed by atoms with Crippen LogP contribution >= 0.6 is 0 Å². The molecular formula is CH4LaLiO4Zr. The van der Waals surface area contributed by atoms with Gasteiger partial charge in [-0.2, -0.15) is 0 Å². The van der Waals surface area contributed by atoms with Crippen LogP contribution in [0, 0.1) is 35.6 Å². The molecule has 0 saturated carbocycles. The van der Waals surface area contributed by atoms with Gasteiger partial charge >= 0.3 is 80.7 Å². The van der Waals surface area contributed by atoms with Crippen molar-refractivity contribution in [2.45, 2.75) is 7.43 Å². The van der Waals surface area contributed by atoms with Crippen LogP contribution in [0.5, 0.6) is 0 Å². The first kappa shape index (κ1) is 150. The predicted molar refractivity (Wildman–Crippen MR) is 9.48 cm³/mol. The van der Waals surface area contributed by atoms with Crippen molar-refractivity contribution < 1.29 is 103 Å². The summed E-state index contributed by atoms with van der Waals surface area (Å²) in [7, 11) is 0. The molecule has 0 N–H and O–H groups in total. The largest absolute Gasteiger partial charge is 4.00 e. The molecule has 7 heteroatoms. The van der Waals surface area contributed by atoms with Gasteiger partial charge < -0.3 is 21.9 Å². The molecule has 0 saturated heterocycles. The molecule has 8 heavy (non-hydrogen) atoms. The third kappa shape index (κ3) is 76.0. The second kappa shape index (κ2) is 109. The molecule has 0 bridgehead atoms. The van der Waals surface area contributed by atoms with Crippen molar-refractivity contribution in [3.8, 4) is 0 Å². The van der Waals surface area contributed by atoms with Crippen LogP contribution in [0.2, 0.25) is 0 Å². The topological polar surface area (TPSA) is 114 Å². The first-order valence-corrected chi connectivity index (χ1v) is 0. The monoisotopic (exact) mass is 316 g/mol. The number of rotatable bonds is 0. The zero-order chi connectivity index (χ0) is 0. The van der Waals surface area contributed by atoms with E-state index in [2.05, 4.69) is 0 Å². The molecule has 0 aliphatic rings. The van der Waals surface area contributed by atoms with Crippen molar-refractivity contribution in [3.05, 3.63) is 0 Å². The van der Waals surface area contributed by atoms with Crippen LogP contribution in [0.4, 0.5) is 0 Å². The Labute approximate surface area is 108 Å². The van der Waals surface area contributed by atoms with Gasteiger partial charge in [-0.15, -0.1) is 0 Å². The minimum absolute atomic E-state index is 0. The number of hydrogen-bond acceptors (Lipinski definition) is 0. The first-order chi connectivity index (χ1) is 0. The molecular weight excluding hydrogens is 313 g/mol. The Morgan fingerprint density at radius 3 is 0.625 bits per heavy atom. The van der Waals surface area contributed by atoms with E-state index in [4.69, 9.17) is 0 Å². The molecule has 0 amide bonds. The van der Waals surface area contributed by atoms with Crippen molar-refractivity contribution in [1.29, 1.82) is 0 Å². The van der Waals surface area contributed by atoms with Crippen LogP contribution < -0.4 is 18.9 Å². The van der Waals surface area contributed by atoms with Crippen LogP contribution in [0.1, 0.15) is 7.43 Å². The molecule has 0 aliphatic heterocycles. The quantitative estimate of drug-likeness (QED) is 0.428. The molecule has 0 aromatic heterocycles. The Hall–Kier alpha value is 2.52. The van der Waals surface area contributed by atoms with Crippen molar-refractivity contribution in [2.75, 3.05) is 0 Å². The normalized spacial score (nSPS) is 0. The van der Waals surface area contributed by atoms with Gasteiger partial charge in [-0.3, -0.25) is 0 Å². The smallest absolute Gasteiger partial charge is 2.00 e. The maximum absolute atomic E-state index is 0. The van der Waals surface area contributed by atoms with Gasteiger partial charge in [0.25, 0.3) is 0 Å². The molecule has 0 radical (unpaired) electrons. The molecule has 0 fully saturated rings. The van der Waals surface area contributed by atoms with Gasteiger partial charge in [0.05, 0.1) is 0 Å². The molecule has 0 aromatic rings. The minimum atomic E-state index is 0. The van der Waals surface area contributed by atoms with E-state index in [0.29, 0.717) is 0 Å². The Morgan fingerprint density at radius 1 is 0.625 bits per heavy atom. The summed E-state index contributed by atoms with van der Waals surface area (Å²) < 4.78 is 0. The van der Waals surface area contributed by atoms with Gasteiger partial charge in [0.1, 0.15) is 0 Å². The fourth-order valence-corrected chi connectivity index (χ4v) is 0. The van der Waals surface area contributed by atoms with E-state index >= 15 is 0 Å². The fraction of sp³-hybridized carbons (Fsp3) is 1.00. The Bertz CT molecular complexity index is 16.0. The molecule has 4 nitrogen and oxygen atoms in total. The summed E-state index contributed by atoms with van der Waals surface area (Å²) in [6, 6.07) is 0. The van der Waals surface area contributed by atoms with Gasteiger partial charge in [0.2, 0.25) is 0 Å². The summed E-state index contributed by atoms with van der Waals surface area (Å²) in [6.07, 6.45) is 0. The van der Waals surface area contributed by atoms with Crippen LogP contribution in [0.15, 0.2) is 0 Å². The van der Waals surface area contributed by atoms with Crippen molar-refractivity contribution in [2.24, 2.45) is 0 Å². The number of hydrogen-bond donors (Lipinski definition) is 0. The van der Waals surface area contributed by atoms with Gasteiger partial charge in [-0.25, -0.2) is 0 Å². The van der Waals surface area contributed by atoms with Crippen LogP contribution in [0.25, 0.3) is 0 Å². The molecule has 40 valence electrons. The average Bonchev–Trinajstić information content (AvgIpc) is 0. The minimum Gasteiger partial charge on any atom is -2.00 e. The average molecular weight is 317 g/mol. The molecule has 0 aromatic carbocycles. The van der Waals surface area contributed by atoms with Crippen molar-refractivity contribution in [1.82, 2.24) is 0 Å². The van der Waals surface area contributed by atoms with E-state index < -0.39 is 0 Å². The second-order valence-corrected chi connectivity index (χ2v) is 0. The molecule has 0 heterocycles. The van der Waals surface area contributed by atoms with Gasteiger partial charge in [0, 0.05) is 0 Å². The zero-order valence-electron chi connectivity index (χ0n) is 3.71.